The average molecular weight is 292 g/mol. The number of nitrogens with zero attached hydrogens (tertiary/aromatic N) is 1. The molecule has 114 valence electrons. The highest BCUT2D eigenvalue weighted by Gasteiger charge is 2.33. The Bertz CT molecular complexity index is 603. The van der Waals surface area contributed by atoms with Crippen molar-refractivity contribution in [3.05, 3.63) is 22.5 Å². The molecule has 0 radical (unpaired) electrons. The number of carboxylic acids is 1. The van der Waals surface area contributed by atoms with Gasteiger partial charge in [0.1, 0.15) is 5.69 Å². The van der Waals surface area contributed by atoms with Crippen LogP contribution in [-0.4, -0.2) is 45.2 Å². The fourth-order valence-electron chi connectivity index (χ4n) is 3.15. The Morgan fingerprint density at radius 1 is 1.33 bits per heavy atom. The van der Waals surface area contributed by atoms with Crippen LogP contribution in [0.25, 0.3) is 0 Å². The number of hydrogen-bond acceptors (Lipinski definition) is 3. The number of amides is 1. The highest BCUT2D eigenvalue weighted by atomic mass is 16.4. The number of aliphatic carboxylic acids is 1. The van der Waals surface area contributed by atoms with Crippen molar-refractivity contribution in [3.8, 4) is 0 Å². The molecule has 6 heteroatoms. The van der Waals surface area contributed by atoms with E-state index in [0.717, 1.165) is 6.42 Å². The van der Waals surface area contributed by atoms with Crippen LogP contribution in [0.4, 0.5) is 0 Å². The van der Waals surface area contributed by atoms with Crippen molar-refractivity contribution in [2.24, 2.45) is 0 Å². The molecule has 1 amide bonds. The normalized spacial score (nSPS) is 18.0. The minimum absolute atomic E-state index is 0.0377. The summed E-state index contributed by atoms with van der Waals surface area (Å²) in [6, 6.07) is -0.265. The van der Waals surface area contributed by atoms with Crippen LogP contribution in [0.15, 0.2) is 0 Å². The number of Topliss-reactive ketones (excluding diaryl/α,β-unsaturated/α-hetero) is 1. The topological polar surface area (TPSA) is 90.5 Å². The summed E-state index contributed by atoms with van der Waals surface area (Å²) in [7, 11) is 0. The van der Waals surface area contributed by atoms with Crippen LogP contribution >= 0.6 is 0 Å². The summed E-state index contributed by atoms with van der Waals surface area (Å²) in [6.07, 6.45) is 1.47. The third-order valence-corrected chi connectivity index (χ3v) is 4.05. The number of aryl methyl sites for hydroxylation is 1. The predicted octanol–water partition coefficient (Wildman–Crippen LogP) is 1.91. The molecule has 1 fully saturated rings. The molecule has 21 heavy (non-hydrogen) atoms. The molecule has 1 unspecified atom stereocenters. The molecule has 2 N–H and O–H groups in total. The first kappa shape index (κ1) is 15.3. The van der Waals surface area contributed by atoms with Crippen molar-refractivity contribution in [3.63, 3.8) is 0 Å². The van der Waals surface area contributed by atoms with Crippen LogP contribution in [-0.2, 0) is 4.79 Å². The first-order valence-electron chi connectivity index (χ1n) is 7.05. The van der Waals surface area contributed by atoms with Gasteiger partial charge in [-0.25, -0.2) is 0 Å². The number of carboxylic acid groups (broad SMARTS) is 1. The number of rotatable bonds is 4. The molecule has 1 aromatic heterocycles. The number of H-pyrrole nitrogens is 1. The van der Waals surface area contributed by atoms with Crippen LogP contribution < -0.4 is 0 Å². The Hall–Kier alpha value is -2.11. The molecule has 1 aromatic rings. The lowest BCUT2D eigenvalue weighted by molar-refractivity contribution is -0.137. The van der Waals surface area contributed by atoms with Crippen molar-refractivity contribution in [2.45, 2.75) is 46.1 Å². The van der Waals surface area contributed by atoms with Crippen LogP contribution in [0.2, 0.25) is 0 Å². The average Bonchev–Trinajstić information content (AvgIpc) is 2.92. The number of ketones is 1. The number of likely N-dealkylation sites (tertiary alicyclic amines) is 1. The van der Waals surface area contributed by atoms with Crippen LogP contribution in [0, 0.1) is 13.8 Å². The Kier molecular flexibility index (Phi) is 4.16. The van der Waals surface area contributed by atoms with Crippen molar-refractivity contribution in [1.29, 1.82) is 0 Å². The van der Waals surface area contributed by atoms with E-state index in [9.17, 15) is 14.4 Å². The zero-order valence-corrected chi connectivity index (χ0v) is 12.5. The number of nitrogens with one attached hydrogen (secondary N) is 1. The number of carbonyl (C=O) groups is 3. The third kappa shape index (κ3) is 2.84. The van der Waals surface area contributed by atoms with Crippen molar-refractivity contribution >= 4 is 17.7 Å². The summed E-state index contributed by atoms with van der Waals surface area (Å²) >= 11 is 0. The Labute approximate surface area is 123 Å². The van der Waals surface area contributed by atoms with Gasteiger partial charge in [0.05, 0.1) is 6.42 Å². The molecule has 1 aliphatic rings. The maximum atomic E-state index is 12.6. The van der Waals surface area contributed by atoms with Gasteiger partial charge in [0.15, 0.2) is 5.78 Å². The van der Waals surface area contributed by atoms with Crippen molar-refractivity contribution in [1.82, 2.24) is 9.88 Å². The largest absolute Gasteiger partial charge is 0.481 e. The fraction of sp³-hybridized carbons (Fsp3) is 0.533. The van der Waals surface area contributed by atoms with Gasteiger partial charge in [0.2, 0.25) is 0 Å². The Morgan fingerprint density at radius 2 is 2.00 bits per heavy atom. The molecule has 1 saturated heterocycles. The van der Waals surface area contributed by atoms with E-state index in [0.29, 0.717) is 35.5 Å². The molecular weight excluding hydrogens is 272 g/mol. The van der Waals surface area contributed by atoms with Crippen LogP contribution in [0.3, 0.4) is 0 Å². The Balaban J connectivity index is 2.30. The predicted molar refractivity (Wildman–Crippen MR) is 76.6 cm³/mol. The first-order chi connectivity index (χ1) is 9.82. The van der Waals surface area contributed by atoms with E-state index < -0.39 is 5.97 Å². The van der Waals surface area contributed by atoms with Gasteiger partial charge >= 0.3 is 5.97 Å². The number of carbonyl (C=O) groups excluding carboxylic acids is 2. The summed E-state index contributed by atoms with van der Waals surface area (Å²) < 4.78 is 0. The summed E-state index contributed by atoms with van der Waals surface area (Å²) in [5.41, 5.74) is 2.27. The second-order valence-corrected chi connectivity index (χ2v) is 5.57. The molecule has 0 spiro atoms. The molecule has 6 nitrogen and oxygen atoms in total. The molecule has 2 heterocycles. The zero-order chi connectivity index (χ0) is 15.7. The monoisotopic (exact) mass is 292 g/mol. The van der Waals surface area contributed by atoms with Crippen molar-refractivity contribution < 1.29 is 19.5 Å². The first-order valence-corrected chi connectivity index (χ1v) is 7.05. The maximum absolute atomic E-state index is 12.6. The smallest absolute Gasteiger partial charge is 0.305 e. The van der Waals surface area contributed by atoms with E-state index in [1.54, 1.807) is 18.7 Å². The highest BCUT2D eigenvalue weighted by molar-refractivity contribution is 6.02. The quantitative estimate of drug-likeness (QED) is 0.829. The molecule has 0 saturated carbocycles. The van der Waals surface area contributed by atoms with E-state index in [4.69, 9.17) is 5.11 Å². The minimum atomic E-state index is -0.900. The van der Waals surface area contributed by atoms with Gasteiger partial charge in [-0.2, -0.15) is 0 Å². The Morgan fingerprint density at radius 3 is 2.52 bits per heavy atom. The lowest BCUT2D eigenvalue weighted by atomic mass is 10.1. The lowest BCUT2D eigenvalue weighted by Crippen LogP contribution is -2.37. The SMILES string of the molecule is CC(=O)c1c(C)[nH]c(C(=O)N2CCCC2CC(=O)O)c1C. The second kappa shape index (κ2) is 5.71. The standard InChI is InChI=1S/C15H20N2O4/c1-8-13(10(3)18)9(2)16-14(8)15(21)17-6-4-5-11(17)7-12(19)20/h11,16H,4-7H2,1-3H3,(H,19,20). The van der Waals surface area contributed by atoms with E-state index in [2.05, 4.69) is 4.98 Å². The van der Waals surface area contributed by atoms with Crippen molar-refractivity contribution in [2.75, 3.05) is 6.54 Å². The number of aromatic nitrogens is 1. The molecule has 0 aromatic carbocycles. The molecule has 2 rings (SSSR count). The van der Waals surface area contributed by atoms with Gasteiger partial charge in [-0.15, -0.1) is 0 Å². The molecule has 0 bridgehead atoms. The zero-order valence-electron chi connectivity index (χ0n) is 12.5. The van der Waals surface area contributed by atoms with Gasteiger partial charge in [-0.05, 0) is 39.2 Å². The van der Waals surface area contributed by atoms with Gasteiger partial charge in [-0.3, -0.25) is 14.4 Å². The summed E-state index contributed by atoms with van der Waals surface area (Å²) in [5, 5.41) is 8.93. The highest BCUT2D eigenvalue weighted by Crippen LogP contribution is 2.25. The molecule has 1 aliphatic heterocycles. The van der Waals surface area contributed by atoms with E-state index in [1.807, 2.05) is 0 Å². The van der Waals surface area contributed by atoms with Gasteiger partial charge in [0, 0.05) is 23.8 Å². The molecular formula is C15H20N2O4. The fourth-order valence-corrected chi connectivity index (χ4v) is 3.15. The van der Waals surface area contributed by atoms with Gasteiger partial charge in [-0.1, -0.05) is 0 Å². The second-order valence-electron chi connectivity index (χ2n) is 5.57. The maximum Gasteiger partial charge on any atom is 0.305 e. The molecule has 0 aliphatic carbocycles. The number of aromatic amines is 1. The van der Waals surface area contributed by atoms with Gasteiger partial charge < -0.3 is 15.0 Å². The lowest BCUT2D eigenvalue weighted by Gasteiger charge is -2.23. The summed E-state index contributed by atoms with van der Waals surface area (Å²) in [6.45, 7) is 5.54. The van der Waals surface area contributed by atoms with Gasteiger partial charge in [0.25, 0.3) is 5.91 Å². The van der Waals surface area contributed by atoms with E-state index in [-0.39, 0.29) is 24.2 Å². The minimum Gasteiger partial charge on any atom is -0.481 e. The van der Waals surface area contributed by atoms with E-state index in [1.165, 1.54) is 6.92 Å². The number of hydrogen-bond donors (Lipinski definition) is 2. The molecule has 1 atom stereocenters. The third-order valence-electron chi connectivity index (χ3n) is 4.05. The summed E-state index contributed by atoms with van der Waals surface area (Å²) in [4.78, 5) is 39.7. The van der Waals surface area contributed by atoms with Crippen LogP contribution in [0.1, 0.15) is 58.3 Å². The summed E-state index contributed by atoms with van der Waals surface area (Å²) in [5.74, 6) is -1.20. The van der Waals surface area contributed by atoms with E-state index >= 15 is 0 Å². The van der Waals surface area contributed by atoms with Crippen LogP contribution in [0.5, 0.6) is 0 Å².